The SMILES string of the molecule is CC(C(=O)N1CCCCC1C(=O)O)N1C(=O)/C(=C/c2ccccc2Cl)SC1=S. The number of rotatable bonds is 4. The summed E-state index contributed by atoms with van der Waals surface area (Å²) >= 11 is 12.6. The molecule has 0 radical (unpaired) electrons. The zero-order valence-corrected chi connectivity index (χ0v) is 17.5. The van der Waals surface area contributed by atoms with Crippen molar-refractivity contribution in [3.05, 3.63) is 39.8 Å². The number of thioether (sulfide) groups is 1. The summed E-state index contributed by atoms with van der Waals surface area (Å²) in [7, 11) is 0. The molecule has 2 aliphatic heterocycles. The van der Waals surface area contributed by atoms with Gasteiger partial charge < -0.3 is 10.0 Å². The molecule has 2 heterocycles. The highest BCUT2D eigenvalue weighted by Gasteiger charge is 2.42. The largest absolute Gasteiger partial charge is 0.480 e. The second kappa shape index (κ2) is 8.63. The first-order chi connectivity index (χ1) is 13.3. The van der Waals surface area contributed by atoms with Gasteiger partial charge in [-0.05, 0) is 43.9 Å². The van der Waals surface area contributed by atoms with E-state index in [2.05, 4.69) is 0 Å². The number of likely N-dealkylation sites (tertiary alicyclic amines) is 1. The number of halogens is 1. The molecule has 2 fully saturated rings. The molecule has 0 aliphatic carbocycles. The Balaban J connectivity index is 1.82. The van der Waals surface area contributed by atoms with Crippen LogP contribution in [0.1, 0.15) is 31.7 Å². The zero-order chi connectivity index (χ0) is 20.4. The highest BCUT2D eigenvalue weighted by atomic mass is 35.5. The monoisotopic (exact) mass is 438 g/mol. The molecule has 0 saturated carbocycles. The van der Waals surface area contributed by atoms with E-state index in [1.807, 2.05) is 6.07 Å². The van der Waals surface area contributed by atoms with Crippen molar-refractivity contribution in [3.8, 4) is 0 Å². The van der Waals surface area contributed by atoms with Gasteiger partial charge in [0.05, 0.1) is 4.91 Å². The van der Waals surface area contributed by atoms with E-state index in [1.54, 1.807) is 31.2 Å². The molecule has 28 heavy (non-hydrogen) atoms. The maximum absolute atomic E-state index is 13.0. The highest BCUT2D eigenvalue weighted by molar-refractivity contribution is 8.26. The van der Waals surface area contributed by atoms with Crippen LogP contribution in [0.25, 0.3) is 6.08 Å². The van der Waals surface area contributed by atoms with Crippen LogP contribution in [0.3, 0.4) is 0 Å². The lowest BCUT2D eigenvalue weighted by molar-refractivity contribution is -0.154. The fourth-order valence-electron chi connectivity index (χ4n) is 3.35. The molecule has 2 unspecified atom stereocenters. The predicted molar refractivity (Wildman–Crippen MR) is 113 cm³/mol. The summed E-state index contributed by atoms with van der Waals surface area (Å²) in [6, 6.07) is 5.39. The minimum absolute atomic E-state index is 0.271. The molecule has 1 aromatic carbocycles. The first-order valence-electron chi connectivity index (χ1n) is 8.86. The maximum atomic E-state index is 13.0. The number of hydrogen-bond acceptors (Lipinski definition) is 5. The Morgan fingerprint density at radius 3 is 2.75 bits per heavy atom. The van der Waals surface area contributed by atoms with Gasteiger partial charge in [0.2, 0.25) is 5.91 Å². The molecule has 148 valence electrons. The van der Waals surface area contributed by atoms with Crippen molar-refractivity contribution in [1.29, 1.82) is 0 Å². The lowest BCUT2D eigenvalue weighted by Crippen LogP contribution is -2.55. The Labute approximate surface area is 177 Å². The Kier molecular flexibility index (Phi) is 6.42. The van der Waals surface area contributed by atoms with Gasteiger partial charge in [0.15, 0.2) is 0 Å². The topological polar surface area (TPSA) is 77.9 Å². The van der Waals surface area contributed by atoms with Crippen LogP contribution in [0.4, 0.5) is 0 Å². The molecule has 6 nitrogen and oxygen atoms in total. The second-order valence-electron chi connectivity index (χ2n) is 6.63. The molecule has 2 aliphatic rings. The van der Waals surface area contributed by atoms with Gasteiger partial charge in [-0.25, -0.2) is 4.79 Å². The molecule has 3 rings (SSSR count). The van der Waals surface area contributed by atoms with Gasteiger partial charge in [-0.3, -0.25) is 14.5 Å². The van der Waals surface area contributed by atoms with E-state index in [1.165, 1.54) is 9.80 Å². The van der Waals surface area contributed by atoms with Crippen LogP contribution in [0.5, 0.6) is 0 Å². The molecule has 0 spiro atoms. The summed E-state index contributed by atoms with van der Waals surface area (Å²) in [6.07, 6.45) is 3.57. The van der Waals surface area contributed by atoms with Crippen LogP contribution in [0.2, 0.25) is 5.02 Å². The molecule has 0 bridgehead atoms. The fourth-order valence-corrected chi connectivity index (χ4v) is 4.95. The van der Waals surface area contributed by atoms with Crippen LogP contribution in [0, 0.1) is 0 Å². The van der Waals surface area contributed by atoms with Crippen LogP contribution < -0.4 is 0 Å². The van der Waals surface area contributed by atoms with Gasteiger partial charge in [-0.2, -0.15) is 0 Å². The third-order valence-electron chi connectivity index (χ3n) is 4.83. The normalized spacial score (nSPS) is 22.6. The van der Waals surface area contributed by atoms with Crippen molar-refractivity contribution in [2.24, 2.45) is 0 Å². The van der Waals surface area contributed by atoms with E-state index >= 15 is 0 Å². The fraction of sp³-hybridized carbons (Fsp3) is 0.368. The number of hydrogen-bond donors (Lipinski definition) is 1. The molecule has 1 aromatic rings. The minimum atomic E-state index is -1.02. The molecule has 1 N–H and O–H groups in total. The number of carbonyl (C=O) groups excluding carboxylic acids is 2. The maximum Gasteiger partial charge on any atom is 0.326 e. The summed E-state index contributed by atoms with van der Waals surface area (Å²) < 4.78 is 0.271. The number of aliphatic carboxylic acids is 1. The first kappa shape index (κ1) is 20.8. The van der Waals surface area contributed by atoms with E-state index in [0.717, 1.165) is 24.6 Å². The molecular formula is C19H19ClN2O4S2. The first-order valence-corrected chi connectivity index (χ1v) is 10.5. The van der Waals surface area contributed by atoms with Gasteiger partial charge in [0.1, 0.15) is 16.4 Å². The van der Waals surface area contributed by atoms with Crippen molar-refractivity contribution < 1.29 is 19.5 Å². The van der Waals surface area contributed by atoms with Gasteiger partial charge in [-0.15, -0.1) is 0 Å². The second-order valence-corrected chi connectivity index (χ2v) is 8.71. The van der Waals surface area contributed by atoms with Gasteiger partial charge in [0.25, 0.3) is 5.91 Å². The quantitative estimate of drug-likeness (QED) is 0.573. The third-order valence-corrected chi connectivity index (χ3v) is 6.51. The van der Waals surface area contributed by atoms with Gasteiger partial charge in [-0.1, -0.05) is 53.8 Å². The molecular weight excluding hydrogens is 420 g/mol. The number of carboxylic acid groups (broad SMARTS) is 1. The summed E-state index contributed by atoms with van der Waals surface area (Å²) in [5.41, 5.74) is 0.686. The Morgan fingerprint density at radius 2 is 2.07 bits per heavy atom. The molecule has 0 aromatic heterocycles. The van der Waals surface area contributed by atoms with Crippen LogP contribution >= 0.6 is 35.6 Å². The van der Waals surface area contributed by atoms with E-state index in [-0.39, 0.29) is 10.2 Å². The van der Waals surface area contributed by atoms with Crippen molar-refractivity contribution in [2.45, 2.75) is 38.3 Å². The number of amides is 2. The van der Waals surface area contributed by atoms with Crippen molar-refractivity contribution >= 4 is 63.8 Å². The van der Waals surface area contributed by atoms with Gasteiger partial charge in [0, 0.05) is 11.6 Å². The summed E-state index contributed by atoms with van der Waals surface area (Å²) in [5, 5.41) is 9.92. The van der Waals surface area contributed by atoms with Crippen molar-refractivity contribution in [1.82, 2.24) is 9.80 Å². The molecule has 2 atom stereocenters. The standard InChI is InChI=1S/C19H19ClN2O4S2/c1-11(16(23)21-9-5-4-8-14(21)18(25)26)22-17(24)15(28-19(22)27)10-12-6-2-3-7-13(12)20/h2-3,6-7,10-11,14H,4-5,8-9H2,1H3,(H,25,26)/b15-10-. The number of piperidine rings is 1. The molecule has 2 amide bonds. The number of nitrogens with zero attached hydrogens (tertiary/aromatic N) is 2. The van der Waals surface area contributed by atoms with Crippen molar-refractivity contribution in [3.63, 3.8) is 0 Å². The van der Waals surface area contributed by atoms with Gasteiger partial charge >= 0.3 is 5.97 Å². The Morgan fingerprint density at radius 1 is 1.36 bits per heavy atom. The average molecular weight is 439 g/mol. The smallest absolute Gasteiger partial charge is 0.326 e. The van der Waals surface area contributed by atoms with E-state index in [4.69, 9.17) is 23.8 Å². The van der Waals surface area contributed by atoms with Crippen LogP contribution in [-0.2, 0) is 14.4 Å². The Bertz CT molecular complexity index is 873. The van der Waals surface area contributed by atoms with E-state index < -0.39 is 24.0 Å². The lowest BCUT2D eigenvalue weighted by Gasteiger charge is -2.36. The third kappa shape index (κ3) is 4.09. The lowest BCUT2D eigenvalue weighted by atomic mass is 10.0. The highest BCUT2D eigenvalue weighted by Crippen LogP contribution is 2.35. The number of thiocarbonyl (C=S) groups is 1. The minimum Gasteiger partial charge on any atom is -0.480 e. The predicted octanol–water partition coefficient (Wildman–Crippen LogP) is 3.40. The number of carboxylic acids is 1. The summed E-state index contributed by atoms with van der Waals surface area (Å²) in [6.45, 7) is 1.95. The summed E-state index contributed by atoms with van der Waals surface area (Å²) in [4.78, 5) is 40.4. The zero-order valence-electron chi connectivity index (χ0n) is 15.1. The van der Waals surface area contributed by atoms with E-state index in [9.17, 15) is 19.5 Å². The number of carbonyl (C=O) groups is 3. The van der Waals surface area contributed by atoms with Crippen molar-refractivity contribution in [2.75, 3.05) is 6.54 Å². The Hall–Kier alpha value is -1.90. The van der Waals surface area contributed by atoms with Crippen LogP contribution in [-0.4, -0.2) is 55.6 Å². The van der Waals surface area contributed by atoms with Crippen LogP contribution in [0.15, 0.2) is 29.2 Å². The summed E-state index contributed by atoms with van der Waals surface area (Å²) in [5.74, 6) is -1.80. The number of benzene rings is 1. The van der Waals surface area contributed by atoms with E-state index in [0.29, 0.717) is 28.5 Å². The average Bonchev–Trinajstić information content (AvgIpc) is 2.95. The molecule has 2 saturated heterocycles. The molecule has 9 heteroatoms.